The lowest BCUT2D eigenvalue weighted by molar-refractivity contribution is 0.102. The number of alkyl halides is 2. The summed E-state index contributed by atoms with van der Waals surface area (Å²) in [5, 5.41) is 12.9. The second kappa shape index (κ2) is 11.6. The van der Waals surface area contributed by atoms with E-state index in [1.807, 2.05) is 7.05 Å². The van der Waals surface area contributed by atoms with Gasteiger partial charge in [0.2, 0.25) is 9.84 Å². The van der Waals surface area contributed by atoms with Crippen molar-refractivity contribution in [1.29, 1.82) is 0 Å². The molecule has 12 heteroatoms. The molecule has 0 bridgehead atoms. The Balaban J connectivity index is 1.45. The summed E-state index contributed by atoms with van der Waals surface area (Å²) in [5.41, 5.74) is 1.83. The fourth-order valence-electron chi connectivity index (χ4n) is 4.62. The van der Waals surface area contributed by atoms with Crippen LogP contribution in [0.15, 0.2) is 76.5 Å². The van der Waals surface area contributed by atoms with E-state index in [1.54, 1.807) is 42.5 Å². The van der Waals surface area contributed by atoms with Crippen molar-refractivity contribution in [2.75, 3.05) is 62.1 Å². The molecule has 1 aliphatic rings. The van der Waals surface area contributed by atoms with Crippen LogP contribution >= 0.6 is 0 Å². The maximum absolute atomic E-state index is 13.4. The first-order valence-corrected chi connectivity index (χ1v) is 14.3. The highest BCUT2D eigenvalue weighted by molar-refractivity contribution is 7.91. The van der Waals surface area contributed by atoms with Crippen LogP contribution < -0.4 is 15.5 Å². The molecular formula is C28H30F2N6O3S. The minimum Gasteiger partial charge on any atom is -0.376 e. The SMILES string of the molecule is CN1CCN(c2ccc(C(=O)Nc3n[nH]c4ccc(S(=O)(=O)c5ccccc5)cc34)c(NC(CF)CF)c2)CC1. The van der Waals surface area contributed by atoms with Crippen molar-refractivity contribution in [3.63, 3.8) is 0 Å². The van der Waals surface area contributed by atoms with Gasteiger partial charge in [-0.25, -0.2) is 17.2 Å². The van der Waals surface area contributed by atoms with E-state index in [0.717, 1.165) is 31.9 Å². The number of hydrogen-bond donors (Lipinski definition) is 3. The molecule has 1 saturated heterocycles. The van der Waals surface area contributed by atoms with Gasteiger partial charge in [0, 0.05) is 42.9 Å². The summed E-state index contributed by atoms with van der Waals surface area (Å²) in [7, 11) is -1.75. The monoisotopic (exact) mass is 568 g/mol. The van der Waals surface area contributed by atoms with Crippen molar-refractivity contribution in [2.24, 2.45) is 0 Å². The van der Waals surface area contributed by atoms with Gasteiger partial charge in [0.25, 0.3) is 5.91 Å². The van der Waals surface area contributed by atoms with Gasteiger partial charge >= 0.3 is 0 Å². The van der Waals surface area contributed by atoms with Crippen molar-refractivity contribution in [3.8, 4) is 0 Å². The second-order valence-electron chi connectivity index (χ2n) is 9.72. The number of carbonyl (C=O) groups is 1. The summed E-state index contributed by atoms with van der Waals surface area (Å²) in [6, 6.07) is 16.6. The van der Waals surface area contributed by atoms with Crippen molar-refractivity contribution in [3.05, 3.63) is 72.3 Å². The molecule has 5 rings (SSSR count). The van der Waals surface area contributed by atoms with Gasteiger partial charge in [0.1, 0.15) is 13.3 Å². The average molecular weight is 569 g/mol. The lowest BCUT2D eigenvalue weighted by Crippen LogP contribution is -2.44. The first-order valence-electron chi connectivity index (χ1n) is 12.9. The Hall–Kier alpha value is -4.03. The molecule has 9 nitrogen and oxygen atoms in total. The molecule has 3 N–H and O–H groups in total. The van der Waals surface area contributed by atoms with Gasteiger partial charge in [-0.1, -0.05) is 18.2 Å². The fraction of sp³-hybridized carbons (Fsp3) is 0.286. The number of nitrogens with one attached hydrogen (secondary N) is 3. The lowest BCUT2D eigenvalue weighted by Gasteiger charge is -2.34. The van der Waals surface area contributed by atoms with Gasteiger partial charge in [-0.3, -0.25) is 9.89 Å². The highest BCUT2D eigenvalue weighted by Gasteiger charge is 2.23. The molecule has 0 spiro atoms. The highest BCUT2D eigenvalue weighted by atomic mass is 32.2. The summed E-state index contributed by atoms with van der Waals surface area (Å²) in [4.78, 5) is 18.0. The number of anilines is 3. The normalized spacial score (nSPS) is 14.6. The van der Waals surface area contributed by atoms with E-state index in [0.29, 0.717) is 16.6 Å². The van der Waals surface area contributed by atoms with Crippen molar-refractivity contribution < 1.29 is 22.0 Å². The molecule has 0 radical (unpaired) electrons. The number of amides is 1. The number of carbonyl (C=O) groups excluding carboxylic acids is 1. The molecule has 1 aliphatic heterocycles. The number of likely N-dealkylation sites (N-methyl/N-ethyl adjacent to an activating group) is 1. The van der Waals surface area contributed by atoms with Crippen LogP contribution in [0.2, 0.25) is 0 Å². The minimum absolute atomic E-state index is 0.0516. The molecule has 3 aromatic carbocycles. The standard InChI is InChI=1S/C28H30F2N6O3S/c1-35-11-13-36(14-12-35)20-7-9-23(26(15-20)31-19(17-29)18-30)28(37)32-27-24-16-22(8-10-25(24)33-34-27)40(38,39)21-5-3-2-4-6-21/h2-10,15-16,19,31H,11-14,17-18H2,1H3,(H2,32,33,34,37). The number of aromatic amines is 1. The lowest BCUT2D eigenvalue weighted by atomic mass is 10.1. The molecule has 0 aliphatic carbocycles. The van der Waals surface area contributed by atoms with Gasteiger partial charge in [0.15, 0.2) is 5.82 Å². The zero-order valence-electron chi connectivity index (χ0n) is 21.9. The van der Waals surface area contributed by atoms with Crippen LogP contribution in [0.4, 0.5) is 26.0 Å². The molecule has 0 atom stereocenters. The number of rotatable bonds is 9. The van der Waals surface area contributed by atoms with E-state index in [1.165, 1.54) is 24.3 Å². The maximum atomic E-state index is 13.4. The summed E-state index contributed by atoms with van der Waals surface area (Å²) in [5.74, 6) is -0.430. The molecule has 2 heterocycles. The van der Waals surface area contributed by atoms with E-state index in [2.05, 4.69) is 30.6 Å². The third-order valence-corrected chi connectivity index (χ3v) is 8.75. The molecule has 1 fully saturated rings. The number of H-pyrrole nitrogens is 1. The van der Waals surface area contributed by atoms with Crippen LogP contribution in [-0.2, 0) is 9.84 Å². The Bertz CT molecular complexity index is 1600. The quantitative estimate of drug-likeness (QED) is 0.279. The Morgan fingerprint density at radius 2 is 1.70 bits per heavy atom. The van der Waals surface area contributed by atoms with Gasteiger partial charge in [-0.15, -0.1) is 0 Å². The number of hydrogen-bond acceptors (Lipinski definition) is 7. The number of benzene rings is 3. The molecular weight excluding hydrogens is 538 g/mol. The molecule has 4 aromatic rings. The smallest absolute Gasteiger partial charge is 0.258 e. The highest BCUT2D eigenvalue weighted by Crippen LogP contribution is 2.30. The second-order valence-corrected chi connectivity index (χ2v) is 11.7. The summed E-state index contributed by atoms with van der Waals surface area (Å²) >= 11 is 0. The first-order chi connectivity index (χ1) is 19.3. The van der Waals surface area contributed by atoms with E-state index in [9.17, 15) is 22.0 Å². The summed E-state index contributed by atoms with van der Waals surface area (Å²) < 4.78 is 53.1. The number of piperazine rings is 1. The van der Waals surface area contributed by atoms with Crippen LogP contribution in [0.3, 0.4) is 0 Å². The number of aromatic nitrogens is 2. The third kappa shape index (κ3) is 5.63. The minimum atomic E-state index is -3.79. The summed E-state index contributed by atoms with van der Waals surface area (Å²) in [6.45, 7) is 1.42. The topological polar surface area (TPSA) is 110 Å². The largest absolute Gasteiger partial charge is 0.376 e. The maximum Gasteiger partial charge on any atom is 0.258 e. The predicted octanol–water partition coefficient (Wildman–Crippen LogP) is 4.12. The number of nitrogens with zero attached hydrogens (tertiary/aromatic N) is 3. The first kappa shape index (κ1) is 27.5. The molecule has 0 saturated carbocycles. The predicted molar refractivity (Wildman–Crippen MR) is 151 cm³/mol. The Labute approximate surface area is 231 Å². The van der Waals surface area contributed by atoms with Gasteiger partial charge in [-0.2, -0.15) is 5.10 Å². The van der Waals surface area contributed by atoms with Crippen LogP contribution in [0, 0.1) is 0 Å². The molecule has 210 valence electrons. The van der Waals surface area contributed by atoms with Crippen LogP contribution in [0.1, 0.15) is 10.4 Å². The Morgan fingerprint density at radius 3 is 2.40 bits per heavy atom. The van der Waals surface area contributed by atoms with Gasteiger partial charge in [0.05, 0.1) is 26.9 Å². The van der Waals surface area contributed by atoms with E-state index in [4.69, 9.17) is 0 Å². The van der Waals surface area contributed by atoms with Crippen LogP contribution in [-0.4, -0.2) is 82.0 Å². The molecule has 40 heavy (non-hydrogen) atoms. The fourth-order valence-corrected chi connectivity index (χ4v) is 5.92. The number of fused-ring (bicyclic) bond motifs is 1. The van der Waals surface area contributed by atoms with Gasteiger partial charge < -0.3 is 20.4 Å². The van der Waals surface area contributed by atoms with E-state index >= 15 is 0 Å². The molecule has 0 unspecified atom stereocenters. The van der Waals surface area contributed by atoms with E-state index < -0.39 is 35.1 Å². The van der Waals surface area contributed by atoms with E-state index in [-0.39, 0.29) is 21.2 Å². The van der Waals surface area contributed by atoms with Crippen LogP contribution in [0.25, 0.3) is 10.9 Å². The zero-order chi connectivity index (χ0) is 28.3. The van der Waals surface area contributed by atoms with Crippen molar-refractivity contribution >= 4 is 43.8 Å². The Kier molecular flexibility index (Phi) is 7.99. The number of sulfone groups is 1. The summed E-state index contributed by atoms with van der Waals surface area (Å²) in [6.07, 6.45) is 0. The Morgan fingerprint density at radius 1 is 0.975 bits per heavy atom. The number of halogens is 2. The third-order valence-electron chi connectivity index (χ3n) is 6.98. The van der Waals surface area contributed by atoms with Crippen molar-refractivity contribution in [2.45, 2.75) is 15.8 Å². The zero-order valence-corrected chi connectivity index (χ0v) is 22.7. The molecule has 1 amide bonds. The van der Waals surface area contributed by atoms with Gasteiger partial charge in [-0.05, 0) is 55.6 Å². The van der Waals surface area contributed by atoms with Crippen molar-refractivity contribution in [1.82, 2.24) is 15.1 Å². The van der Waals surface area contributed by atoms with Crippen LogP contribution in [0.5, 0.6) is 0 Å². The molecule has 1 aromatic heterocycles. The average Bonchev–Trinajstić information content (AvgIpc) is 3.38.